The Hall–Kier alpha value is -0.390. The second-order valence-electron chi connectivity index (χ2n) is 4.92. The Morgan fingerprint density at radius 1 is 1.61 bits per heavy atom. The number of thiophene rings is 1. The van der Waals surface area contributed by atoms with Crippen molar-refractivity contribution in [2.45, 2.75) is 32.9 Å². The molecule has 3 nitrogen and oxygen atoms in total. The molecule has 18 heavy (non-hydrogen) atoms. The van der Waals surface area contributed by atoms with E-state index in [1.807, 2.05) is 4.90 Å². The topological polar surface area (TPSA) is 32.3 Å². The van der Waals surface area contributed by atoms with Crippen LogP contribution in [-0.2, 0) is 11.3 Å². The van der Waals surface area contributed by atoms with E-state index in [4.69, 9.17) is 0 Å². The number of piperidine rings is 1. The molecule has 0 aromatic carbocycles. The van der Waals surface area contributed by atoms with Crippen LogP contribution >= 0.6 is 27.3 Å². The highest BCUT2D eigenvalue weighted by Crippen LogP contribution is 2.23. The van der Waals surface area contributed by atoms with Crippen molar-refractivity contribution in [3.05, 3.63) is 20.8 Å². The molecule has 1 fully saturated rings. The van der Waals surface area contributed by atoms with E-state index in [0.29, 0.717) is 12.0 Å². The van der Waals surface area contributed by atoms with E-state index in [0.717, 1.165) is 26.1 Å². The van der Waals surface area contributed by atoms with Crippen LogP contribution in [-0.4, -0.2) is 29.9 Å². The highest BCUT2D eigenvalue weighted by molar-refractivity contribution is 9.11. The number of carbonyl (C=O) groups excluding carboxylic acids is 1. The summed E-state index contributed by atoms with van der Waals surface area (Å²) in [5, 5.41) is 3.61. The molecule has 0 bridgehead atoms. The fourth-order valence-electron chi connectivity index (χ4n) is 2.41. The van der Waals surface area contributed by atoms with Gasteiger partial charge in [0.25, 0.3) is 0 Å². The molecule has 2 heterocycles. The summed E-state index contributed by atoms with van der Waals surface area (Å²) in [5.41, 5.74) is 0. The molecule has 1 aromatic rings. The summed E-state index contributed by atoms with van der Waals surface area (Å²) in [6, 6.07) is 4.75. The molecule has 2 atom stereocenters. The van der Waals surface area contributed by atoms with Crippen LogP contribution in [0.4, 0.5) is 0 Å². The van der Waals surface area contributed by atoms with Crippen molar-refractivity contribution < 1.29 is 4.79 Å². The minimum atomic E-state index is 0.197. The second kappa shape index (κ2) is 6.17. The third-order valence-corrected chi connectivity index (χ3v) is 5.14. The first kappa shape index (κ1) is 14.0. The van der Waals surface area contributed by atoms with E-state index in [1.54, 1.807) is 18.3 Å². The lowest BCUT2D eigenvalue weighted by atomic mass is 9.94. The minimum absolute atomic E-state index is 0.197. The molecule has 0 spiro atoms. The first-order chi connectivity index (χ1) is 8.56. The van der Waals surface area contributed by atoms with Gasteiger partial charge in [-0.1, -0.05) is 6.92 Å². The number of nitrogens with one attached hydrogen (secondary N) is 1. The number of hydrogen-bond donors (Lipinski definition) is 1. The van der Waals surface area contributed by atoms with Gasteiger partial charge in [-0.05, 0) is 40.4 Å². The van der Waals surface area contributed by atoms with E-state index < -0.39 is 0 Å². The van der Waals surface area contributed by atoms with Crippen molar-refractivity contribution in [1.82, 2.24) is 10.2 Å². The van der Waals surface area contributed by atoms with Crippen molar-refractivity contribution in [2.75, 3.05) is 13.1 Å². The van der Waals surface area contributed by atoms with Crippen LogP contribution in [0.1, 0.15) is 25.1 Å². The summed E-state index contributed by atoms with van der Waals surface area (Å²) in [5.74, 6) is 0.716. The molecule has 1 aliphatic heterocycles. The highest BCUT2D eigenvalue weighted by Gasteiger charge is 2.26. The van der Waals surface area contributed by atoms with Gasteiger partial charge in [-0.2, -0.15) is 0 Å². The van der Waals surface area contributed by atoms with Crippen LogP contribution in [0, 0.1) is 5.92 Å². The lowest BCUT2D eigenvalue weighted by Gasteiger charge is -2.37. The highest BCUT2D eigenvalue weighted by atomic mass is 79.9. The Morgan fingerprint density at radius 2 is 2.39 bits per heavy atom. The minimum Gasteiger partial charge on any atom is -0.343 e. The largest absolute Gasteiger partial charge is 0.343 e. The second-order valence-corrected chi connectivity index (χ2v) is 7.47. The van der Waals surface area contributed by atoms with E-state index in [2.05, 4.69) is 40.3 Å². The first-order valence-electron chi connectivity index (χ1n) is 6.29. The molecule has 1 amide bonds. The van der Waals surface area contributed by atoms with E-state index >= 15 is 0 Å². The van der Waals surface area contributed by atoms with Crippen LogP contribution in [0.25, 0.3) is 0 Å². The monoisotopic (exact) mass is 330 g/mol. The van der Waals surface area contributed by atoms with Crippen molar-refractivity contribution in [3.8, 4) is 0 Å². The molecule has 0 saturated carbocycles. The molecule has 2 rings (SSSR count). The van der Waals surface area contributed by atoms with Crippen molar-refractivity contribution in [2.24, 2.45) is 5.92 Å². The Kier molecular flexibility index (Phi) is 4.81. The van der Waals surface area contributed by atoms with Crippen molar-refractivity contribution in [1.29, 1.82) is 0 Å². The van der Waals surface area contributed by atoms with Gasteiger partial charge in [0, 0.05) is 37.5 Å². The van der Waals surface area contributed by atoms with Gasteiger partial charge in [0.1, 0.15) is 0 Å². The van der Waals surface area contributed by atoms with E-state index in [-0.39, 0.29) is 5.91 Å². The summed E-state index contributed by atoms with van der Waals surface area (Å²) >= 11 is 5.25. The molecule has 1 saturated heterocycles. The number of likely N-dealkylation sites (tertiary alicyclic amines) is 1. The number of amides is 1. The van der Waals surface area contributed by atoms with Crippen LogP contribution in [0.3, 0.4) is 0 Å². The molecule has 5 heteroatoms. The Labute approximate surface area is 121 Å². The number of carbonyl (C=O) groups is 1. The van der Waals surface area contributed by atoms with Gasteiger partial charge in [0.2, 0.25) is 5.91 Å². The quantitative estimate of drug-likeness (QED) is 0.924. The SMILES string of the molecule is CC(=O)N1CC[C@@H](NCc2ccc(Br)s2)[C@@H](C)C1. The maximum absolute atomic E-state index is 11.3. The third-order valence-electron chi connectivity index (χ3n) is 3.52. The van der Waals surface area contributed by atoms with Crippen LogP contribution < -0.4 is 5.32 Å². The van der Waals surface area contributed by atoms with E-state index in [9.17, 15) is 4.79 Å². The van der Waals surface area contributed by atoms with Gasteiger partial charge in [0.05, 0.1) is 3.79 Å². The van der Waals surface area contributed by atoms with Crippen molar-refractivity contribution >= 4 is 33.2 Å². The van der Waals surface area contributed by atoms with Crippen LogP contribution in [0.2, 0.25) is 0 Å². The Morgan fingerprint density at radius 3 is 2.94 bits per heavy atom. The number of hydrogen-bond acceptors (Lipinski definition) is 3. The van der Waals surface area contributed by atoms with Gasteiger partial charge < -0.3 is 10.2 Å². The Balaban J connectivity index is 1.82. The van der Waals surface area contributed by atoms with Gasteiger partial charge in [-0.25, -0.2) is 0 Å². The zero-order chi connectivity index (χ0) is 13.1. The average Bonchev–Trinajstić information content (AvgIpc) is 2.73. The molecule has 0 aliphatic carbocycles. The molecular weight excluding hydrogens is 312 g/mol. The molecule has 100 valence electrons. The molecule has 1 N–H and O–H groups in total. The predicted molar refractivity (Wildman–Crippen MR) is 78.7 cm³/mol. The maximum atomic E-state index is 11.3. The van der Waals surface area contributed by atoms with Gasteiger partial charge >= 0.3 is 0 Å². The summed E-state index contributed by atoms with van der Waals surface area (Å²) in [6.45, 7) is 6.55. The van der Waals surface area contributed by atoms with Gasteiger partial charge in [0.15, 0.2) is 0 Å². The summed E-state index contributed by atoms with van der Waals surface area (Å²) < 4.78 is 1.18. The van der Waals surface area contributed by atoms with Crippen LogP contribution in [0.5, 0.6) is 0 Å². The summed E-state index contributed by atoms with van der Waals surface area (Å²) in [7, 11) is 0. The normalized spacial score (nSPS) is 24.3. The van der Waals surface area contributed by atoms with Gasteiger partial charge in [-0.15, -0.1) is 11.3 Å². The Bertz CT molecular complexity index is 421. The van der Waals surface area contributed by atoms with Crippen molar-refractivity contribution in [3.63, 3.8) is 0 Å². The van der Waals surface area contributed by atoms with Gasteiger partial charge in [-0.3, -0.25) is 4.79 Å². The number of rotatable bonds is 3. The number of nitrogens with zero attached hydrogens (tertiary/aromatic N) is 1. The van der Waals surface area contributed by atoms with E-state index in [1.165, 1.54) is 8.66 Å². The van der Waals surface area contributed by atoms with Crippen LogP contribution in [0.15, 0.2) is 15.9 Å². The average molecular weight is 331 g/mol. The third kappa shape index (κ3) is 3.56. The molecule has 1 aliphatic rings. The maximum Gasteiger partial charge on any atom is 0.219 e. The predicted octanol–water partition coefficient (Wildman–Crippen LogP) is 2.86. The fourth-order valence-corrected chi connectivity index (χ4v) is 3.85. The first-order valence-corrected chi connectivity index (χ1v) is 7.90. The fraction of sp³-hybridized carbons (Fsp3) is 0.615. The standard InChI is InChI=1S/C13H19BrN2OS/c1-9-8-16(10(2)17)6-5-12(9)15-7-11-3-4-13(14)18-11/h3-4,9,12,15H,5-8H2,1-2H3/t9-,12+/m0/s1. The molecular formula is C13H19BrN2OS. The summed E-state index contributed by atoms with van der Waals surface area (Å²) in [6.07, 6.45) is 1.05. The molecule has 0 radical (unpaired) electrons. The molecule has 0 unspecified atom stereocenters. The summed E-state index contributed by atoms with van der Waals surface area (Å²) in [4.78, 5) is 14.6. The molecule has 1 aromatic heterocycles. The zero-order valence-corrected chi connectivity index (χ0v) is 13.2. The zero-order valence-electron chi connectivity index (χ0n) is 10.8. The number of halogens is 1. The lowest BCUT2D eigenvalue weighted by molar-refractivity contribution is -0.130. The smallest absolute Gasteiger partial charge is 0.219 e. The lowest BCUT2D eigenvalue weighted by Crippen LogP contribution is -2.49.